The van der Waals surface area contributed by atoms with E-state index in [0.29, 0.717) is 35.8 Å². The molecule has 1 N–H and O–H groups in total. The molecule has 6 nitrogen and oxygen atoms in total. The molecule has 0 spiro atoms. The van der Waals surface area contributed by atoms with Crippen LogP contribution in [0.3, 0.4) is 0 Å². The number of para-hydroxylation sites is 2. The molecule has 1 heterocycles. The number of nitrogens with one attached hydrogen (secondary N) is 1. The Labute approximate surface area is 177 Å². The van der Waals surface area contributed by atoms with Gasteiger partial charge in [0.25, 0.3) is 11.5 Å². The van der Waals surface area contributed by atoms with Gasteiger partial charge in [0.2, 0.25) is 0 Å². The first kappa shape index (κ1) is 21.7. The Kier molecular flexibility index (Phi) is 7.00. The van der Waals surface area contributed by atoms with Crippen LogP contribution in [-0.4, -0.2) is 47.5 Å². The van der Waals surface area contributed by atoms with Crippen molar-refractivity contribution in [3.8, 4) is 11.3 Å². The van der Waals surface area contributed by atoms with Crippen LogP contribution in [0.1, 0.15) is 30.6 Å². The Morgan fingerprint density at radius 2 is 1.80 bits per heavy atom. The first-order valence-electron chi connectivity index (χ1n) is 10.4. The number of carbonyl (C=O) groups is 1. The lowest BCUT2D eigenvalue weighted by Gasteiger charge is -2.14. The van der Waals surface area contributed by atoms with Gasteiger partial charge in [-0.05, 0) is 57.2 Å². The van der Waals surface area contributed by atoms with Crippen molar-refractivity contribution in [3.05, 3.63) is 64.4 Å². The van der Waals surface area contributed by atoms with E-state index in [9.17, 15) is 9.59 Å². The Morgan fingerprint density at radius 3 is 2.47 bits per heavy atom. The molecule has 0 radical (unpaired) electrons. The third kappa shape index (κ3) is 5.13. The Hall–Kier alpha value is -2.99. The number of fused-ring (bicyclic) bond motifs is 1. The number of rotatable bonds is 8. The first-order chi connectivity index (χ1) is 14.4. The highest BCUT2D eigenvalue weighted by Gasteiger charge is 2.14. The number of hydrogen-bond acceptors (Lipinski definition) is 4. The lowest BCUT2D eigenvalue weighted by molar-refractivity contribution is 0.0952. The number of carbonyl (C=O) groups excluding carboxylic acids is 1. The fourth-order valence-corrected chi connectivity index (χ4v) is 3.41. The van der Waals surface area contributed by atoms with Crippen LogP contribution >= 0.6 is 0 Å². The fourth-order valence-electron chi connectivity index (χ4n) is 3.41. The zero-order valence-corrected chi connectivity index (χ0v) is 18.2. The molecule has 3 rings (SSSR count). The van der Waals surface area contributed by atoms with E-state index in [1.807, 2.05) is 38.4 Å². The lowest BCUT2D eigenvalue weighted by Crippen LogP contribution is -2.27. The van der Waals surface area contributed by atoms with E-state index in [1.54, 1.807) is 28.8 Å². The second-order valence-electron chi connectivity index (χ2n) is 8.25. The van der Waals surface area contributed by atoms with Gasteiger partial charge in [0.15, 0.2) is 0 Å². The number of nitrogens with zero attached hydrogens (tertiary/aromatic N) is 3. The maximum Gasteiger partial charge on any atom is 0.277 e. The maximum atomic E-state index is 13.2. The third-order valence-electron chi connectivity index (χ3n) is 4.89. The summed E-state index contributed by atoms with van der Waals surface area (Å²) in [6, 6.07) is 14.8. The van der Waals surface area contributed by atoms with Crippen molar-refractivity contribution in [1.29, 1.82) is 0 Å². The summed E-state index contributed by atoms with van der Waals surface area (Å²) < 4.78 is 1.80. The molecule has 2 aromatic carbocycles. The van der Waals surface area contributed by atoms with Crippen LogP contribution in [0.2, 0.25) is 0 Å². The van der Waals surface area contributed by atoms with Gasteiger partial charge in [0.05, 0.1) is 11.0 Å². The zero-order chi connectivity index (χ0) is 21.7. The summed E-state index contributed by atoms with van der Waals surface area (Å²) in [6.07, 6.45) is 0.896. The molecule has 1 amide bonds. The van der Waals surface area contributed by atoms with E-state index in [2.05, 4.69) is 29.0 Å². The first-order valence-corrected chi connectivity index (χ1v) is 10.4. The summed E-state index contributed by atoms with van der Waals surface area (Å²) in [7, 11) is 4.02. The summed E-state index contributed by atoms with van der Waals surface area (Å²) in [4.78, 5) is 32.2. The molecule has 0 saturated heterocycles. The van der Waals surface area contributed by atoms with Crippen molar-refractivity contribution >= 4 is 16.9 Å². The Morgan fingerprint density at radius 1 is 1.10 bits per heavy atom. The van der Waals surface area contributed by atoms with Crippen LogP contribution in [0, 0.1) is 5.92 Å². The minimum absolute atomic E-state index is 0.107. The molecule has 0 aliphatic carbocycles. The normalized spacial score (nSPS) is 11.4. The van der Waals surface area contributed by atoms with E-state index in [0.717, 1.165) is 24.0 Å². The van der Waals surface area contributed by atoms with Gasteiger partial charge >= 0.3 is 0 Å². The van der Waals surface area contributed by atoms with Gasteiger partial charge in [-0.1, -0.05) is 38.1 Å². The summed E-state index contributed by atoms with van der Waals surface area (Å²) in [5.74, 6) is 0.226. The minimum atomic E-state index is -0.108. The monoisotopic (exact) mass is 406 g/mol. The Balaban J connectivity index is 1.86. The van der Waals surface area contributed by atoms with E-state index < -0.39 is 0 Å². The van der Waals surface area contributed by atoms with Crippen LogP contribution < -0.4 is 10.9 Å². The van der Waals surface area contributed by atoms with E-state index in [1.165, 1.54) is 0 Å². The lowest BCUT2D eigenvalue weighted by atomic mass is 10.1. The van der Waals surface area contributed by atoms with Crippen molar-refractivity contribution in [3.63, 3.8) is 0 Å². The van der Waals surface area contributed by atoms with Crippen molar-refractivity contribution in [2.45, 2.75) is 26.8 Å². The molecule has 6 heteroatoms. The van der Waals surface area contributed by atoms with Gasteiger partial charge in [-0.2, -0.15) is 0 Å². The van der Waals surface area contributed by atoms with Crippen molar-refractivity contribution < 1.29 is 4.79 Å². The molecule has 0 aliphatic rings. The minimum Gasteiger partial charge on any atom is -0.352 e. The molecular weight excluding hydrogens is 376 g/mol. The molecular formula is C24H30N4O2. The summed E-state index contributed by atoms with van der Waals surface area (Å²) >= 11 is 0. The molecule has 0 saturated carbocycles. The second-order valence-corrected chi connectivity index (χ2v) is 8.25. The number of benzene rings is 2. The van der Waals surface area contributed by atoms with E-state index in [4.69, 9.17) is 0 Å². The van der Waals surface area contributed by atoms with Gasteiger partial charge in [0.1, 0.15) is 5.69 Å². The van der Waals surface area contributed by atoms with Crippen LogP contribution in [0.25, 0.3) is 22.3 Å². The molecule has 0 aliphatic heterocycles. The molecule has 3 aromatic rings. The predicted molar refractivity (Wildman–Crippen MR) is 122 cm³/mol. The molecule has 0 bridgehead atoms. The molecule has 0 atom stereocenters. The molecule has 30 heavy (non-hydrogen) atoms. The third-order valence-corrected chi connectivity index (χ3v) is 4.89. The quantitative estimate of drug-likeness (QED) is 0.582. The number of aromatic nitrogens is 2. The number of hydrogen-bond donors (Lipinski definition) is 1. The standard InChI is InChI=1S/C24H30N4O2/c1-17(2)16-28-21-9-6-5-8-20(21)26-22(24(28)30)18-10-12-19(13-11-18)23(29)25-14-7-15-27(3)4/h5-6,8-13,17H,7,14-16H2,1-4H3,(H,25,29). The van der Waals surface area contributed by atoms with Gasteiger partial charge in [0, 0.05) is 24.2 Å². The van der Waals surface area contributed by atoms with Crippen molar-refractivity contribution in [2.24, 2.45) is 5.92 Å². The highest BCUT2D eigenvalue weighted by atomic mass is 16.1. The van der Waals surface area contributed by atoms with E-state index >= 15 is 0 Å². The maximum absolute atomic E-state index is 13.2. The highest BCUT2D eigenvalue weighted by Crippen LogP contribution is 2.19. The predicted octanol–water partition coefficient (Wildman–Crippen LogP) is 3.40. The number of amides is 1. The van der Waals surface area contributed by atoms with Crippen LogP contribution in [0.15, 0.2) is 53.3 Å². The topological polar surface area (TPSA) is 67.2 Å². The second kappa shape index (κ2) is 9.67. The van der Waals surface area contributed by atoms with Crippen molar-refractivity contribution in [2.75, 3.05) is 27.2 Å². The summed E-state index contributed by atoms with van der Waals surface area (Å²) in [6.45, 7) is 6.36. The fraction of sp³-hybridized carbons (Fsp3) is 0.375. The largest absolute Gasteiger partial charge is 0.352 e. The highest BCUT2D eigenvalue weighted by molar-refractivity contribution is 5.94. The zero-order valence-electron chi connectivity index (χ0n) is 18.2. The average Bonchev–Trinajstić information content (AvgIpc) is 2.72. The molecule has 0 unspecified atom stereocenters. The molecule has 0 fully saturated rings. The van der Waals surface area contributed by atoms with Gasteiger partial charge in [-0.25, -0.2) is 4.98 Å². The average molecular weight is 407 g/mol. The van der Waals surface area contributed by atoms with Gasteiger partial charge < -0.3 is 14.8 Å². The van der Waals surface area contributed by atoms with Crippen molar-refractivity contribution in [1.82, 2.24) is 19.8 Å². The SMILES string of the molecule is CC(C)Cn1c(=O)c(-c2ccc(C(=O)NCCCN(C)C)cc2)nc2ccccc21. The molecule has 1 aromatic heterocycles. The molecule has 158 valence electrons. The van der Waals surface area contributed by atoms with Gasteiger partial charge in [-0.15, -0.1) is 0 Å². The van der Waals surface area contributed by atoms with E-state index in [-0.39, 0.29) is 11.5 Å². The van der Waals surface area contributed by atoms with Crippen LogP contribution in [0.5, 0.6) is 0 Å². The smallest absolute Gasteiger partial charge is 0.277 e. The van der Waals surface area contributed by atoms with Crippen LogP contribution in [0.4, 0.5) is 0 Å². The summed E-state index contributed by atoms with van der Waals surface area (Å²) in [5, 5.41) is 2.93. The summed E-state index contributed by atoms with van der Waals surface area (Å²) in [5.41, 5.74) is 3.22. The van der Waals surface area contributed by atoms with Crippen LogP contribution in [-0.2, 0) is 6.54 Å². The Bertz CT molecular complexity index is 1070. The van der Waals surface area contributed by atoms with Gasteiger partial charge in [-0.3, -0.25) is 9.59 Å².